The average molecular weight is 296 g/mol. The van der Waals surface area contributed by atoms with Gasteiger partial charge >= 0.3 is 0 Å². The van der Waals surface area contributed by atoms with Crippen molar-refractivity contribution < 1.29 is 4.79 Å². The SMILES string of the molecule is CN(CC1(N(C)C)CCC1)C(=O)c1c(N)cccc1Cl. The molecule has 0 aliphatic heterocycles. The Balaban J connectivity index is 2.17. The van der Waals surface area contributed by atoms with Crippen LogP contribution in [-0.4, -0.2) is 48.9 Å². The third-order valence-corrected chi connectivity index (χ3v) is 4.69. The van der Waals surface area contributed by atoms with Crippen molar-refractivity contribution in [1.82, 2.24) is 9.80 Å². The molecule has 110 valence electrons. The summed E-state index contributed by atoms with van der Waals surface area (Å²) in [6.07, 6.45) is 3.46. The number of carbonyl (C=O) groups excluding carboxylic acids is 1. The molecule has 1 saturated carbocycles. The van der Waals surface area contributed by atoms with Crippen molar-refractivity contribution in [2.75, 3.05) is 33.4 Å². The van der Waals surface area contributed by atoms with Crippen LogP contribution in [0.5, 0.6) is 0 Å². The smallest absolute Gasteiger partial charge is 0.257 e. The standard InChI is InChI=1S/C15H22ClN3O/c1-18(2)15(8-5-9-15)10-19(3)14(20)13-11(16)6-4-7-12(13)17/h4,6-7H,5,8-10,17H2,1-3H3. The van der Waals surface area contributed by atoms with Gasteiger partial charge in [0.1, 0.15) is 0 Å². The van der Waals surface area contributed by atoms with Gasteiger partial charge in [-0.05, 0) is 45.5 Å². The molecule has 2 rings (SSSR count). The van der Waals surface area contributed by atoms with E-state index in [2.05, 4.69) is 19.0 Å². The van der Waals surface area contributed by atoms with Gasteiger partial charge in [-0.25, -0.2) is 0 Å². The van der Waals surface area contributed by atoms with E-state index in [0.29, 0.717) is 22.8 Å². The molecule has 0 heterocycles. The van der Waals surface area contributed by atoms with Crippen LogP contribution < -0.4 is 5.73 Å². The van der Waals surface area contributed by atoms with E-state index < -0.39 is 0 Å². The van der Waals surface area contributed by atoms with Crippen LogP contribution in [0.1, 0.15) is 29.6 Å². The third kappa shape index (κ3) is 2.63. The second kappa shape index (κ2) is 5.62. The Morgan fingerprint density at radius 2 is 2.00 bits per heavy atom. The van der Waals surface area contributed by atoms with Crippen LogP contribution in [0.25, 0.3) is 0 Å². The first-order valence-electron chi connectivity index (χ1n) is 6.84. The van der Waals surface area contributed by atoms with E-state index in [-0.39, 0.29) is 11.4 Å². The summed E-state index contributed by atoms with van der Waals surface area (Å²) in [4.78, 5) is 16.5. The van der Waals surface area contributed by atoms with Gasteiger partial charge in [-0.2, -0.15) is 0 Å². The van der Waals surface area contributed by atoms with Gasteiger partial charge < -0.3 is 15.5 Å². The number of nitrogens with zero attached hydrogens (tertiary/aromatic N) is 2. The monoisotopic (exact) mass is 295 g/mol. The number of likely N-dealkylation sites (N-methyl/N-ethyl adjacent to an activating group) is 2. The predicted octanol–water partition coefficient (Wildman–Crippen LogP) is 2.48. The molecule has 0 unspecified atom stereocenters. The van der Waals surface area contributed by atoms with Crippen LogP contribution in [0, 0.1) is 0 Å². The maximum Gasteiger partial charge on any atom is 0.257 e. The zero-order chi connectivity index (χ0) is 14.9. The lowest BCUT2D eigenvalue weighted by Crippen LogP contribution is -2.57. The molecule has 1 amide bonds. The minimum Gasteiger partial charge on any atom is -0.398 e. The Kier molecular flexibility index (Phi) is 4.25. The van der Waals surface area contributed by atoms with Crippen molar-refractivity contribution in [2.45, 2.75) is 24.8 Å². The number of hydrogen-bond acceptors (Lipinski definition) is 3. The Bertz CT molecular complexity index is 492. The largest absolute Gasteiger partial charge is 0.398 e. The summed E-state index contributed by atoms with van der Waals surface area (Å²) in [5.41, 5.74) is 6.83. The molecular formula is C15H22ClN3O. The molecule has 1 aliphatic carbocycles. The van der Waals surface area contributed by atoms with Gasteiger partial charge in [0.25, 0.3) is 5.91 Å². The molecule has 20 heavy (non-hydrogen) atoms. The number of amides is 1. The van der Waals surface area contributed by atoms with E-state index in [1.54, 1.807) is 23.1 Å². The first-order chi connectivity index (χ1) is 9.37. The predicted molar refractivity (Wildman–Crippen MR) is 83.1 cm³/mol. The van der Waals surface area contributed by atoms with Crippen molar-refractivity contribution >= 4 is 23.2 Å². The number of hydrogen-bond donors (Lipinski definition) is 1. The Morgan fingerprint density at radius 1 is 1.35 bits per heavy atom. The van der Waals surface area contributed by atoms with Crippen LogP contribution in [0.2, 0.25) is 5.02 Å². The maximum atomic E-state index is 12.6. The fraction of sp³-hybridized carbons (Fsp3) is 0.533. The van der Waals surface area contributed by atoms with Gasteiger partial charge in [0.2, 0.25) is 0 Å². The number of nitrogens with two attached hydrogens (primary N) is 1. The highest BCUT2D eigenvalue weighted by molar-refractivity contribution is 6.34. The number of benzene rings is 1. The molecule has 1 aromatic carbocycles. The zero-order valence-electron chi connectivity index (χ0n) is 12.3. The van der Waals surface area contributed by atoms with Gasteiger partial charge in [-0.3, -0.25) is 4.79 Å². The van der Waals surface area contributed by atoms with Gasteiger partial charge in [-0.15, -0.1) is 0 Å². The fourth-order valence-electron chi connectivity index (χ4n) is 2.80. The Morgan fingerprint density at radius 3 is 2.45 bits per heavy atom. The van der Waals surface area contributed by atoms with Crippen LogP contribution in [0.4, 0.5) is 5.69 Å². The molecule has 1 aromatic rings. The summed E-state index contributed by atoms with van der Waals surface area (Å²) in [6, 6.07) is 5.16. The second-order valence-corrected chi connectivity index (χ2v) is 6.24. The van der Waals surface area contributed by atoms with Gasteiger partial charge in [0.15, 0.2) is 0 Å². The average Bonchev–Trinajstić information content (AvgIpc) is 2.32. The van der Waals surface area contributed by atoms with Gasteiger partial charge in [0, 0.05) is 24.8 Å². The second-order valence-electron chi connectivity index (χ2n) is 5.84. The first-order valence-corrected chi connectivity index (χ1v) is 7.22. The highest BCUT2D eigenvalue weighted by atomic mass is 35.5. The molecule has 1 aliphatic rings. The summed E-state index contributed by atoms with van der Waals surface area (Å²) in [7, 11) is 5.96. The van der Waals surface area contributed by atoms with Crippen molar-refractivity contribution in [3.05, 3.63) is 28.8 Å². The molecule has 0 bridgehead atoms. The number of carbonyl (C=O) groups is 1. The quantitative estimate of drug-likeness (QED) is 0.868. The summed E-state index contributed by atoms with van der Waals surface area (Å²) in [5.74, 6) is -0.110. The van der Waals surface area contributed by atoms with Crippen LogP contribution in [0.15, 0.2) is 18.2 Å². The van der Waals surface area contributed by atoms with E-state index in [4.69, 9.17) is 17.3 Å². The molecule has 0 aromatic heterocycles. The van der Waals surface area contributed by atoms with Crippen molar-refractivity contribution in [1.29, 1.82) is 0 Å². The number of anilines is 1. The minimum absolute atomic E-state index is 0.0976. The van der Waals surface area contributed by atoms with Crippen LogP contribution in [0.3, 0.4) is 0 Å². The fourth-order valence-corrected chi connectivity index (χ4v) is 3.06. The number of halogens is 1. The van der Waals surface area contributed by atoms with E-state index in [1.165, 1.54) is 6.42 Å². The van der Waals surface area contributed by atoms with Crippen molar-refractivity contribution in [3.8, 4) is 0 Å². The van der Waals surface area contributed by atoms with Gasteiger partial charge in [-0.1, -0.05) is 17.7 Å². The maximum absolute atomic E-state index is 12.6. The highest BCUT2D eigenvalue weighted by Crippen LogP contribution is 2.37. The molecule has 0 radical (unpaired) electrons. The molecule has 0 spiro atoms. The van der Waals surface area contributed by atoms with E-state index in [1.807, 2.05) is 7.05 Å². The molecule has 2 N–H and O–H groups in total. The Hall–Kier alpha value is -1.26. The molecule has 4 nitrogen and oxygen atoms in total. The lowest BCUT2D eigenvalue weighted by atomic mass is 9.75. The molecule has 5 heteroatoms. The van der Waals surface area contributed by atoms with Crippen molar-refractivity contribution in [2.24, 2.45) is 0 Å². The van der Waals surface area contributed by atoms with Gasteiger partial charge in [0.05, 0.1) is 10.6 Å². The Labute approximate surface area is 125 Å². The molecular weight excluding hydrogens is 274 g/mol. The van der Waals surface area contributed by atoms with E-state index >= 15 is 0 Å². The molecule has 0 atom stereocenters. The summed E-state index contributed by atoms with van der Waals surface area (Å²) >= 11 is 6.11. The van der Waals surface area contributed by atoms with Crippen LogP contribution in [-0.2, 0) is 0 Å². The lowest BCUT2D eigenvalue weighted by molar-refractivity contribution is 0.0253. The van der Waals surface area contributed by atoms with E-state index in [0.717, 1.165) is 12.8 Å². The third-order valence-electron chi connectivity index (χ3n) is 4.37. The topological polar surface area (TPSA) is 49.6 Å². The molecule has 0 saturated heterocycles. The number of rotatable bonds is 4. The van der Waals surface area contributed by atoms with Crippen LogP contribution >= 0.6 is 11.6 Å². The summed E-state index contributed by atoms with van der Waals surface area (Å²) in [6.45, 7) is 0.698. The normalized spacial score (nSPS) is 16.9. The first kappa shape index (κ1) is 15.1. The summed E-state index contributed by atoms with van der Waals surface area (Å²) in [5, 5.41) is 0.411. The minimum atomic E-state index is -0.110. The van der Waals surface area contributed by atoms with Crippen molar-refractivity contribution in [3.63, 3.8) is 0 Å². The zero-order valence-corrected chi connectivity index (χ0v) is 13.1. The molecule has 1 fully saturated rings. The summed E-state index contributed by atoms with van der Waals surface area (Å²) < 4.78 is 0. The number of nitrogen functional groups attached to an aromatic ring is 1. The highest BCUT2D eigenvalue weighted by Gasteiger charge is 2.41. The van der Waals surface area contributed by atoms with E-state index in [9.17, 15) is 4.79 Å². The lowest BCUT2D eigenvalue weighted by Gasteiger charge is -2.49.